The fraction of sp³-hybridized carbons (Fsp3) is 0.364. The van der Waals surface area contributed by atoms with Crippen LogP contribution in [0.15, 0.2) is 88.5 Å². The molecule has 5 heterocycles. The molecule has 4 aliphatic heterocycles. The van der Waals surface area contributed by atoms with Gasteiger partial charge in [0.1, 0.15) is 17.7 Å². The number of amidine groups is 1. The molecule has 0 spiro atoms. The topological polar surface area (TPSA) is 116 Å². The maximum absolute atomic E-state index is 13.3. The summed E-state index contributed by atoms with van der Waals surface area (Å²) in [6, 6.07) is 10.9. The molecule has 4 aliphatic rings. The van der Waals surface area contributed by atoms with Crippen molar-refractivity contribution in [1.82, 2.24) is 14.8 Å². The Morgan fingerprint density at radius 2 is 1.93 bits per heavy atom. The molecule has 6 rings (SSSR count). The number of hydrogen-bond donors (Lipinski definition) is 2. The van der Waals surface area contributed by atoms with Crippen LogP contribution in [0.25, 0.3) is 0 Å². The number of nitrogens with two attached hydrogens (primary N) is 1. The van der Waals surface area contributed by atoms with E-state index in [1.165, 1.54) is 12.8 Å². The highest BCUT2D eigenvalue weighted by molar-refractivity contribution is 6.05. The van der Waals surface area contributed by atoms with Crippen LogP contribution < -0.4 is 11.2 Å². The van der Waals surface area contributed by atoms with Crippen LogP contribution in [0.5, 0.6) is 0 Å². The Morgan fingerprint density at radius 3 is 2.72 bits per heavy atom. The number of nitrogens with one attached hydrogen (secondary N) is 1. The Hall–Kier alpha value is -4.25. The molecule has 2 amide bonds. The van der Waals surface area contributed by atoms with Crippen LogP contribution in [-0.2, 0) is 11.2 Å². The fourth-order valence-electron chi connectivity index (χ4n) is 6.28. The molecule has 1 aromatic heterocycles. The number of aromatic nitrogens is 1. The summed E-state index contributed by atoms with van der Waals surface area (Å²) in [5.41, 5.74) is 3.95. The highest BCUT2D eigenvalue weighted by atomic mass is 16.2. The second kappa shape index (κ2) is 12.5. The second-order valence-corrected chi connectivity index (χ2v) is 11.5. The number of aliphatic imine (C=N–C) groups is 2. The molecule has 0 bridgehead atoms. The van der Waals surface area contributed by atoms with E-state index in [-0.39, 0.29) is 22.4 Å². The number of benzene rings is 1. The van der Waals surface area contributed by atoms with Gasteiger partial charge in [-0.05, 0) is 87.2 Å². The monoisotopic (exact) mass is 579 g/mol. The molecule has 222 valence electrons. The largest absolute Gasteiger partial charge is 0.330 e. The highest BCUT2D eigenvalue weighted by Crippen LogP contribution is 2.37. The van der Waals surface area contributed by atoms with E-state index in [1.807, 2.05) is 35.2 Å². The Kier molecular flexibility index (Phi) is 8.42. The predicted molar refractivity (Wildman–Crippen MR) is 168 cm³/mol. The number of aryl methyl sites for hydroxylation is 1. The summed E-state index contributed by atoms with van der Waals surface area (Å²) < 4.78 is -0.137. The van der Waals surface area contributed by atoms with Crippen LogP contribution in [0, 0.1) is 0 Å². The lowest BCUT2D eigenvalue weighted by Crippen LogP contribution is -2.53. The Morgan fingerprint density at radius 1 is 1.12 bits per heavy atom. The summed E-state index contributed by atoms with van der Waals surface area (Å²) in [6.45, 7) is 5.79. The predicted octanol–water partition coefficient (Wildman–Crippen LogP) is 4.15. The average Bonchev–Trinajstić information content (AvgIpc) is 3.77. The van der Waals surface area contributed by atoms with Crippen molar-refractivity contribution in [2.75, 3.05) is 31.5 Å². The van der Waals surface area contributed by atoms with Gasteiger partial charge in [-0.2, -0.15) is 10.8 Å². The van der Waals surface area contributed by atoms with Gasteiger partial charge in [0.15, 0.2) is 0 Å². The lowest BCUT2D eigenvalue weighted by molar-refractivity contribution is -0.750. The minimum atomic E-state index is -0.236. The molecule has 2 atom stereocenters. The number of nitrogens with zero attached hydrogens (tertiary/aromatic N) is 6. The third-order valence-corrected chi connectivity index (χ3v) is 8.51. The first-order valence-corrected chi connectivity index (χ1v) is 15.2. The SMILES string of the molecule is CCCc1ccnc(NC(=O)c2ccc(C3=NC(C4CCCN4C(=O)/C=C/CN4CCCC4)=C4C=NC=C[N+]34N)cc2)c1. The van der Waals surface area contributed by atoms with Gasteiger partial charge in [-0.1, -0.05) is 19.4 Å². The van der Waals surface area contributed by atoms with Crippen LogP contribution in [0.2, 0.25) is 0 Å². The molecule has 2 aromatic rings. The van der Waals surface area contributed by atoms with Crippen LogP contribution in [0.3, 0.4) is 0 Å². The van der Waals surface area contributed by atoms with Crippen molar-refractivity contribution in [3.8, 4) is 0 Å². The zero-order chi connectivity index (χ0) is 29.8. The molecule has 2 fully saturated rings. The maximum Gasteiger partial charge on any atom is 0.264 e. The van der Waals surface area contributed by atoms with Gasteiger partial charge < -0.3 is 10.2 Å². The number of hydrogen-bond acceptors (Lipinski definition) is 7. The summed E-state index contributed by atoms with van der Waals surface area (Å²) >= 11 is 0. The first-order valence-electron chi connectivity index (χ1n) is 15.2. The Balaban J connectivity index is 1.21. The highest BCUT2D eigenvalue weighted by Gasteiger charge is 2.48. The molecule has 0 radical (unpaired) electrons. The molecule has 2 saturated heterocycles. The number of carbonyl (C=O) groups is 2. The fourth-order valence-corrected chi connectivity index (χ4v) is 6.28. The lowest BCUT2D eigenvalue weighted by atomic mass is 10.1. The minimum absolute atomic E-state index is 0.00180. The van der Waals surface area contributed by atoms with Gasteiger partial charge in [0, 0.05) is 30.9 Å². The van der Waals surface area contributed by atoms with Crippen molar-refractivity contribution in [1.29, 1.82) is 0 Å². The van der Waals surface area contributed by atoms with Gasteiger partial charge in [-0.25, -0.2) is 4.98 Å². The molecule has 1 aromatic carbocycles. The second-order valence-electron chi connectivity index (χ2n) is 11.5. The molecule has 0 saturated carbocycles. The summed E-state index contributed by atoms with van der Waals surface area (Å²) in [6.07, 6.45) is 16.7. The Bertz CT molecular complexity index is 1530. The van der Waals surface area contributed by atoms with Crippen molar-refractivity contribution in [2.24, 2.45) is 15.8 Å². The van der Waals surface area contributed by atoms with E-state index < -0.39 is 0 Å². The van der Waals surface area contributed by atoms with Gasteiger partial charge in [0.2, 0.25) is 11.6 Å². The number of quaternary nitrogens is 1. The van der Waals surface area contributed by atoms with Crippen LogP contribution in [-0.4, -0.2) is 75.5 Å². The Labute approximate surface area is 252 Å². The summed E-state index contributed by atoms with van der Waals surface area (Å²) in [7, 11) is 0. The van der Waals surface area contributed by atoms with Crippen LogP contribution in [0.4, 0.5) is 5.82 Å². The number of rotatable bonds is 9. The number of anilines is 1. The van der Waals surface area contributed by atoms with E-state index in [0.29, 0.717) is 23.8 Å². The normalized spacial score (nSPS) is 23.3. The van der Waals surface area contributed by atoms with Gasteiger partial charge in [0.05, 0.1) is 24.0 Å². The molecular weight excluding hydrogens is 540 g/mol. The number of carbonyl (C=O) groups excluding carboxylic acids is 2. The van der Waals surface area contributed by atoms with E-state index in [4.69, 9.17) is 10.8 Å². The van der Waals surface area contributed by atoms with E-state index >= 15 is 0 Å². The van der Waals surface area contributed by atoms with Crippen molar-refractivity contribution in [3.63, 3.8) is 0 Å². The molecule has 10 nitrogen and oxygen atoms in total. The molecule has 10 heteroatoms. The van der Waals surface area contributed by atoms with E-state index in [0.717, 1.165) is 67.8 Å². The summed E-state index contributed by atoms with van der Waals surface area (Å²) in [5, 5.41) is 2.90. The van der Waals surface area contributed by atoms with E-state index in [1.54, 1.807) is 43.0 Å². The number of pyridine rings is 1. The molecule has 0 aliphatic carbocycles. The molecule has 3 N–H and O–H groups in total. The van der Waals surface area contributed by atoms with Crippen LogP contribution in [0.1, 0.15) is 60.5 Å². The summed E-state index contributed by atoms with van der Waals surface area (Å²) in [4.78, 5) is 44.3. The third kappa shape index (κ3) is 5.99. The zero-order valence-electron chi connectivity index (χ0n) is 24.7. The summed E-state index contributed by atoms with van der Waals surface area (Å²) in [5.74, 6) is 7.89. The van der Waals surface area contributed by atoms with Crippen molar-refractivity contribution >= 4 is 29.7 Å². The average molecular weight is 580 g/mol. The quantitative estimate of drug-likeness (QED) is 0.263. The molecular formula is C33H39N8O2+. The van der Waals surface area contributed by atoms with Crippen molar-refractivity contribution in [3.05, 3.63) is 95.2 Å². The van der Waals surface area contributed by atoms with E-state index in [9.17, 15) is 9.59 Å². The zero-order valence-corrected chi connectivity index (χ0v) is 24.7. The van der Waals surface area contributed by atoms with Crippen molar-refractivity contribution < 1.29 is 14.2 Å². The number of amides is 2. The van der Waals surface area contributed by atoms with Gasteiger partial charge in [0.25, 0.3) is 11.7 Å². The standard InChI is InChI=1S/C33H38N8O2/c1-2-7-24-14-15-36-29(22-24)37-33(43)26-12-10-25(11-13-26)32-38-31(28-23-35-16-21-41(28,32)34)27-8-5-20-40(27)30(42)9-6-19-39-17-3-4-18-39/h6,9-16,21-23,27H,2-5,7-8,17-20,34H2,1H3/p+1/b9-6+. The van der Waals surface area contributed by atoms with Gasteiger partial charge in [-0.3, -0.25) is 19.5 Å². The first-order chi connectivity index (χ1) is 21.0. The van der Waals surface area contributed by atoms with Gasteiger partial charge >= 0.3 is 0 Å². The van der Waals surface area contributed by atoms with E-state index in [2.05, 4.69) is 27.1 Å². The maximum atomic E-state index is 13.3. The smallest absolute Gasteiger partial charge is 0.264 e. The molecule has 2 unspecified atom stereocenters. The third-order valence-electron chi connectivity index (χ3n) is 8.51. The first kappa shape index (κ1) is 28.9. The minimum Gasteiger partial charge on any atom is -0.330 e. The number of allylic oxidation sites excluding steroid dienone is 1. The molecule has 43 heavy (non-hydrogen) atoms. The lowest BCUT2D eigenvalue weighted by Gasteiger charge is -2.27. The number of likely N-dealkylation sites (tertiary alicyclic amines) is 2. The van der Waals surface area contributed by atoms with Gasteiger partial charge in [-0.15, -0.1) is 4.59 Å². The van der Waals surface area contributed by atoms with Crippen LogP contribution >= 0.6 is 0 Å². The number of fused-ring (bicyclic) bond motifs is 1. The van der Waals surface area contributed by atoms with Crippen molar-refractivity contribution in [2.45, 2.75) is 51.5 Å².